The second-order valence-corrected chi connectivity index (χ2v) is 7.47. The van der Waals surface area contributed by atoms with Crippen molar-refractivity contribution in [2.75, 3.05) is 63.9 Å². The SMILES string of the molecule is Cc1ccc(C(=O)NCCCN2CCCC2=O)c(N2CCN(CCO)CC2)n1. The standard InChI is InChI=1S/C20H31N5O3/c1-16-5-6-17(19(22-16)25-12-10-23(11-13-25)14-15-26)20(28)21-7-3-9-24-8-2-4-18(24)27/h5-6,26H,2-4,7-15H2,1H3,(H,21,28). The molecule has 0 bridgehead atoms. The predicted molar refractivity (Wildman–Crippen MR) is 107 cm³/mol. The molecular formula is C20H31N5O3. The van der Waals surface area contributed by atoms with Crippen LogP contribution in [0.3, 0.4) is 0 Å². The highest BCUT2D eigenvalue weighted by Gasteiger charge is 2.23. The van der Waals surface area contributed by atoms with E-state index in [1.54, 1.807) is 0 Å². The number of piperazine rings is 1. The first-order valence-corrected chi connectivity index (χ1v) is 10.2. The number of aliphatic hydroxyl groups excluding tert-OH is 1. The number of carbonyl (C=O) groups is 2. The number of hydrogen-bond donors (Lipinski definition) is 2. The summed E-state index contributed by atoms with van der Waals surface area (Å²) in [5, 5.41) is 12.1. The number of amides is 2. The Labute approximate surface area is 166 Å². The van der Waals surface area contributed by atoms with E-state index in [-0.39, 0.29) is 18.4 Å². The molecular weight excluding hydrogens is 358 g/mol. The second kappa shape index (κ2) is 9.84. The van der Waals surface area contributed by atoms with Gasteiger partial charge in [0.2, 0.25) is 5.91 Å². The second-order valence-electron chi connectivity index (χ2n) is 7.47. The lowest BCUT2D eigenvalue weighted by Gasteiger charge is -2.35. The molecule has 8 nitrogen and oxygen atoms in total. The Morgan fingerprint density at radius 2 is 1.96 bits per heavy atom. The quantitative estimate of drug-likeness (QED) is 0.620. The first-order valence-electron chi connectivity index (χ1n) is 10.2. The Bertz CT molecular complexity index is 688. The number of rotatable bonds is 8. The third-order valence-electron chi connectivity index (χ3n) is 5.41. The van der Waals surface area contributed by atoms with Gasteiger partial charge in [-0.05, 0) is 31.9 Å². The van der Waals surface area contributed by atoms with Gasteiger partial charge in [0.25, 0.3) is 5.91 Å². The minimum Gasteiger partial charge on any atom is -0.395 e. The lowest BCUT2D eigenvalue weighted by atomic mass is 10.2. The van der Waals surface area contributed by atoms with E-state index in [1.165, 1.54) is 0 Å². The fourth-order valence-corrected chi connectivity index (χ4v) is 3.79. The highest BCUT2D eigenvalue weighted by Crippen LogP contribution is 2.20. The van der Waals surface area contributed by atoms with Crippen molar-refractivity contribution in [2.45, 2.75) is 26.2 Å². The number of nitrogens with zero attached hydrogens (tertiary/aromatic N) is 4. The van der Waals surface area contributed by atoms with Crippen molar-refractivity contribution in [3.05, 3.63) is 23.4 Å². The summed E-state index contributed by atoms with van der Waals surface area (Å²) in [6, 6.07) is 3.71. The molecule has 0 saturated carbocycles. The number of hydrogen-bond acceptors (Lipinski definition) is 6. The van der Waals surface area contributed by atoms with Crippen LogP contribution >= 0.6 is 0 Å². The third-order valence-corrected chi connectivity index (χ3v) is 5.41. The molecule has 2 fully saturated rings. The Morgan fingerprint density at radius 1 is 1.18 bits per heavy atom. The number of aryl methyl sites for hydroxylation is 1. The molecule has 0 atom stereocenters. The van der Waals surface area contributed by atoms with Crippen LogP contribution in [0.15, 0.2) is 12.1 Å². The zero-order valence-electron chi connectivity index (χ0n) is 16.7. The van der Waals surface area contributed by atoms with E-state index < -0.39 is 0 Å². The van der Waals surface area contributed by atoms with Gasteiger partial charge in [-0.2, -0.15) is 0 Å². The molecule has 0 aromatic carbocycles. The van der Waals surface area contributed by atoms with E-state index in [9.17, 15) is 9.59 Å². The van der Waals surface area contributed by atoms with E-state index in [4.69, 9.17) is 5.11 Å². The van der Waals surface area contributed by atoms with Crippen LogP contribution in [0.1, 0.15) is 35.3 Å². The summed E-state index contributed by atoms with van der Waals surface area (Å²) < 4.78 is 0. The summed E-state index contributed by atoms with van der Waals surface area (Å²) in [6.07, 6.45) is 2.34. The topological polar surface area (TPSA) is 89.0 Å². The molecule has 28 heavy (non-hydrogen) atoms. The number of likely N-dealkylation sites (tertiary alicyclic amines) is 1. The lowest BCUT2D eigenvalue weighted by Crippen LogP contribution is -2.48. The molecule has 3 heterocycles. The van der Waals surface area contributed by atoms with Crippen LogP contribution in [-0.2, 0) is 4.79 Å². The number of aliphatic hydroxyl groups is 1. The normalized spacial score (nSPS) is 18.0. The molecule has 2 aliphatic heterocycles. The summed E-state index contributed by atoms with van der Waals surface area (Å²) in [5.74, 6) is 0.834. The number of aromatic nitrogens is 1. The summed E-state index contributed by atoms with van der Waals surface area (Å²) in [4.78, 5) is 35.3. The molecule has 2 amide bonds. The molecule has 1 aromatic heterocycles. The third kappa shape index (κ3) is 5.20. The summed E-state index contributed by atoms with van der Waals surface area (Å²) in [5.41, 5.74) is 1.48. The largest absolute Gasteiger partial charge is 0.395 e. The van der Waals surface area contributed by atoms with Gasteiger partial charge >= 0.3 is 0 Å². The van der Waals surface area contributed by atoms with Crippen LogP contribution in [0.2, 0.25) is 0 Å². The minimum absolute atomic E-state index is 0.118. The van der Waals surface area contributed by atoms with E-state index in [2.05, 4.69) is 20.1 Å². The van der Waals surface area contributed by atoms with Gasteiger partial charge in [-0.3, -0.25) is 14.5 Å². The zero-order chi connectivity index (χ0) is 19.9. The highest BCUT2D eigenvalue weighted by atomic mass is 16.3. The molecule has 0 radical (unpaired) electrons. The van der Waals surface area contributed by atoms with Crippen LogP contribution in [0.5, 0.6) is 0 Å². The predicted octanol–water partition coefficient (Wildman–Crippen LogP) is 0.247. The van der Waals surface area contributed by atoms with Crippen molar-refractivity contribution in [3.63, 3.8) is 0 Å². The molecule has 2 aliphatic rings. The molecule has 154 valence electrons. The monoisotopic (exact) mass is 389 g/mol. The van der Waals surface area contributed by atoms with Gasteiger partial charge in [0.1, 0.15) is 5.82 Å². The molecule has 2 saturated heterocycles. The van der Waals surface area contributed by atoms with Gasteiger partial charge in [0.15, 0.2) is 0 Å². The van der Waals surface area contributed by atoms with E-state index >= 15 is 0 Å². The van der Waals surface area contributed by atoms with Crippen LogP contribution < -0.4 is 10.2 Å². The van der Waals surface area contributed by atoms with Crippen LogP contribution in [0.25, 0.3) is 0 Å². The van der Waals surface area contributed by atoms with Gasteiger partial charge < -0.3 is 20.2 Å². The average molecular weight is 390 g/mol. The van der Waals surface area contributed by atoms with Crippen molar-refractivity contribution in [3.8, 4) is 0 Å². The summed E-state index contributed by atoms with van der Waals surface area (Å²) in [6.45, 7) is 8.12. The summed E-state index contributed by atoms with van der Waals surface area (Å²) in [7, 11) is 0. The van der Waals surface area contributed by atoms with Crippen LogP contribution in [0, 0.1) is 6.92 Å². The molecule has 0 aliphatic carbocycles. The number of anilines is 1. The van der Waals surface area contributed by atoms with Crippen LogP contribution in [-0.4, -0.2) is 90.7 Å². The van der Waals surface area contributed by atoms with Gasteiger partial charge in [0, 0.05) is 64.5 Å². The van der Waals surface area contributed by atoms with E-state index in [0.717, 1.165) is 57.1 Å². The smallest absolute Gasteiger partial charge is 0.255 e. The maximum atomic E-state index is 12.7. The molecule has 0 spiro atoms. The van der Waals surface area contributed by atoms with Crippen molar-refractivity contribution in [2.24, 2.45) is 0 Å². The molecule has 1 aromatic rings. The van der Waals surface area contributed by atoms with Gasteiger partial charge in [-0.15, -0.1) is 0 Å². The van der Waals surface area contributed by atoms with Gasteiger partial charge in [-0.1, -0.05) is 0 Å². The van der Waals surface area contributed by atoms with Crippen molar-refractivity contribution in [1.82, 2.24) is 20.1 Å². The van der Waals surface area contributed by atoms with Crippen molar-refractivity contribution in [1.29, 1.82) is 0 Å². The number of β-amino-alcohol motifs (C(OH)–C–C–N with tert-alkyl or cyclic N) is 1. The summed E-state index contributed by atoms with van der Waals surface area (Å²) >= 11 is 0. The minimum atomic E-state index is -0.118. The van der Waals surface area contributed by atoms with E-state index in [0.29, 0.717) is 31.6 Å². The maximum absolute atomic E-state index is 12.7. The highest BCUT2D eigenvalue weighted by molar-refractivity contribution is 5.99. The average Bonchev–Trinajstić information content (AvgIpc) is 3.10. The van der Waals surface area contributed by atoms with Crippen molar-refractivity contribution >= 4 is 17.6 Å². The number of nitrogens with one attached hydrogen (secondary N) is 1. The maximum Gasteiger partial charge on any atom is 0.255 e. The van der Waals surface area contributed by atoms with Gasteiger partial charge in [-0.25, -0.2) is 4.98 Å². The number of carbonyl (C=O) groups excluding carboxylic acids is 2. The van der Waals surface area contributed by atoms with Gasteiger partial charge in [0.05, 0.1) is 12.2 Å². The first-order chi connectivity index (χ1) is 13.6. The molecule has 0 unspecified atom stereocenters. The fourth-order valence-electron chi connectivity index (χ4n) is 3.79. The molecule has 3 rings (SSSR count). The number of pyridine rings is 1. The first kappa shape index (κ1) is 20.5. The van der Waals surface area contributed by atoms with E-state index in [1.807, 2.05) is 24.0 Å². The molecule has 2 N–H and O–H groups in total. The molecule has 8 heteroatoms. The Kier molecular flexibility index (Phi) is 7.22. The zero-order valence-corrected chi connectivity index (χ0v) is 16.7. The lowest BCUT2D eigenvalue weighted by molar-refractivity contribution is -0.127. The fraction of sp³-hybridized carbons (Fsp3) is 0.650. The Balaban J connectivity index is 1.55. The Hall–Kier alpha value is -2.19. The van der Waals surface area contributed by atoms with Crippen molar-refractivity contribution < 1.29 is 14.7 Å². The van der Waals surface area contributed by atoms with Crippen LogP contribution in [0.4, 0.5) is 5.82 Å². The Morgan fingerprint density at radius 3 is 2.64 bits per heavy atom.